The van der Waals surface area contributed by atoms with Crippen LogP contribution in [-0.2, 0) is 0 Å². The molecule has 6 heteroatoms. The number of aliphatic imine (C=N–C) groups is 1. The molecule has 1 aromatic heterocycles. The topological polar surface area (TPSA) is 47.2 Å². The molecule has 4 rings (SSSR count). The average molecular weight is 500 g/mol. The maximum absolute atomic E-state index is 13.0. The lowest BCUT2D eigenvalue weighted by Crippen LogP contribution is -2.22. The maximum atomic E-state index is 13.0. The lowest BCUT2D eigenvalue weighted by atomic mass is 10.2. The zero-order valence-electron chi connectivity index (χ0n) is 14.9. The van der Waals surface area contributed by atoms with Gasteiger partial charge in [0, 0.05) is 20.4 Å². The number of rotatable bonds is 3. The molecule has 0 aliphatic carbocycles. The van der Waals surface area contributed by atoms with Crippen LogP contribution < -0.4 is 5.56 Å². The predicted molar refractivity (Wildman–Crippen MR) is 124 cm³/mol. The van der Waals surface area contributed by atoms with E-state index in [0.717, 1.165) is 20.5 Å². The Bertz CT molecular complexity index is 1260. The average Bonchev–Trinajstić information content (AvgIpc) is 2.69. The van der Waals surface area contributed by atoms with Crippen molar-refractivity contribution in [3.63, 3.8) is 0 Å². The molecule has 0 bridgehead atoms. The van der Waals surface area contributed by atoms with Crippen molar-refractivity contribution >= 4 is 57.0 Å². The van der Waals surface area contributed by atoms with Crippen LogP contribution in [0.1, 0.15) is 11.4 Å². The number of hydrogen-bond donors (Lipinski definition) is 0. The third-order valence-electron chi connectivity index (χ3n) is 4.36. The normalized spacial score (nSPS) is 11.4. The molecule has 0 N–H and O–H groups in total. The van der Waals surface area contributed by atoms with Gasteiger partial charge in [0.15, 0.2) is 0 Å². The monoisotopic (exact) mass is 499 g/mol. The summed E-state index contributed by atoms with van der Waals surface area (Å²) in [5, 5.41) is 1.26. The third kappa shape index (κ3) is 3.72. The van der Waals surface area contributed by atoms with Crippen LogP contribution in [0.3, 0.4) is 0 Å². The van der Waals surface area contributed by atoms with E-state index in [0.29, 0.717) is 21.7 Å². The van der Waals surface area contributed by atoms with Gasteiger partial charge in [-0.15, -0.1) is 0 Å². The van der Waals surface area contributed by atoms with Gasteiger partial charge in [-0.1, -0.05) is 29.8 Å². The van der Waals surface area contributed by atoms with Crippen LogP contribution in [0.4, 0.5) is 5.69 Å². The lowest BCUT2D eigenvalue weighted by molar-refractivity contribution is 0.895. The van der Waals surface area contributed by atoms with E-state index < -0.39 is 0 Å². The van der Waals surface area contributed by atoms with Crippen LogP contribution in [-0.4, -0.2) is 15.8 Å². The van der Waals surface area contributed by atoms with Gasteiger partial charge in [0.2, 0.25) is 0 Å². The second-order valence-electron chi connectivity index (χ2n) is 6.26. The number of aromatic nitrogens is 2. The van der Waals surface area contributed by atoms with E-state index in [1.165, 1.54) is 0 Å². The molecule has 138 valence electrons. The van der Waals surface area contributed by atoms with E-state index in [4.69, 9.17) is 11.6 Å². The van der Waals surface area contributed by atoms with Crippen molar-refractivity contribution in [2.45, 2.75) is 6.92 Å². The Morgan fingerprint density at radius 3 is 2.57 bits per heavy atom. The molecule has 4 aromatic rings. The quantitative estimate of drug-likeness (QED) is 0.268. The molecule has 0 amide bonds. The largest absolute Gasteiger partial charge is 0.268 e. The highest BCUT2D eigenvalue weighted by Gasteiger charge is 2.10. The van der Waals surface area contributed by atoms with Crippen molar-refractivity contribution in [1.82, 2.24) is 9.55 Å². The van der Waals surface area contributed by atoms with Crippen LogP contribution in [0.25, 0.3) is 16.6 Å². The molecule has 0 saturated heterocycles. The van der Waals surface area contributed by atoms with Crippen LogP contribution in [0, 0.1) is 10.5 Å². The minimum Gasteiger partial charge on any atom is -0.268 e. The van der Waals surface area contributed by atoms with E-state index in [-0.39, 0.29) is 5.56 Å². The van der Waals surface area contributed by atoms with Crippen molar-refractivity contribution in [3.05, 3.63) is 97.1 Å². The van der Waals surface area contributed by atoms with Crippen LogP contribution in [0.2, 0.25) is 5.02 Å². The standard InChI is InChI=1S/C22H15ClIN3O/c1-14-26-21-11-6-16(24)12-19(21)22(28)27(14)18-9-7-17(8-10-18)25-13-15-4-2-3-5-20(15)23/h2-13H,1H3. The summed E-state index contributed by atoms with van der Waals surface area (Å²) in [5.74, 6) is 0.644. The molecule has 0 fully saturated rings. The molecule has 0 unspecified atom stereocenters. The Morgan fingerprint density at radius 1 is 1.07 bits per heavy atom. The first-order valence-electron chi connectivity index (χ1n) is 8.61. The SMILES string of the molecule is Cc1nc2ccc(I)cc2c(=O)n1-c1ccc(N=Cc2ccccc2Cl)cc1. The molecule has 0 radical (unpaired) electrons. The van der Waals surface area contributed by atoms with Crippen molar-refractivity contribution < 1.29 is 0 Å². The minimum absolute atomic E-state index is 0.0756. The highest BCUT2D eigenvalue weighted by molar-refractivity contribution is 14.1. The Morgan fingerprint density at radius 2 is 1.82 bits per heavy atom. The smallest absolute Gasteiger partial charge is 0.265 e. The zero-order chi connectivity index (χ0) is 19.7. The molecule has 1 heterocycles. The Labute approximate surface area is 180 Å². The van der Waals surface area contributed by atoms with Crippen molar-refractivity contribution in [1.29, 1.82) is 0 Å². The van der Waals surface area contributed by atoms with Gasteiger partial charge >= 0.3 is 0 Å². The van der Waals surface area contributed by atoms with Crippen molar-refractivity contribution in [3.8, 4) is 5.69 Å². The number of aryl methyl sites for hydroxylation is 1. The van der Waals surface area contributed by atoms with Crippen LogP contribution in [0.5, 0.6) is 0 Å². The van der Waals surface area contributed by atoms with E-state index >= 15 is 0 Å². The number of fused-ring (bicyclic) bond motifs is 1. The summed E-state index contributed by atoms with van der Waals surface area (Å²) in [7, 11) is 0. The van der Waals surface area contributed by atoms with Crippen molar-refractivity contribution in [2.24, 2.45) is 4.99 Å². The van der Waals surface area contributed by atoms with Gasteiger partial charge < -0.3 is 0 Å². The Hall–Kier alpha value is -2.51. The number of benzene rings is 3. The van der Waals surface area contributed by atoms with Gasteiger partial charge in [0.05, 0.1) is 22.3 Å². The van der Waals surface area contributed by atoms with Crippen molar-refractivity contribution in [2.75, 3.05) is 0 Å². The summed E-state index contributed by atoms with van der Waals surface area (Å²) in [6, 6.07) is 20.7. The zero-order valence-corrected chi connectivity index (χ0v) is 17.8. The number of hydrogen-bond acceptors (Lipinski definition) is 3. The first-order chi connectivity index (χ1) is 13.5. The fourth-order valence-electron chi connectivity index (χ4n) is 2.98. The van der Waals surface area contributed by atoms with E-state index in [1.807, 2.05) is 73.7 Å². The second-order valence-corrected chi connectivity index (χ2v) is 7.91. The van der Waals surface area contributed by atoms with E-state index in [1.54, 1.807) is 10.8 Å². The molecule has 28 heavy (non-hydrogen) atoms. The molecule has 0 spiro atoms. The molecule has 0 atom stereocenters. The fourth-order valence-corrected chi connectivity index (χ4v) is 3.66. The molecule has 0 aliphatic rings. The summed E-state index contributed by atoms with van der Waals surface area (Å²) in [6.07, 6.45) is 1.73. The first-order valence-corrected chi connectivity index (χ1v) is 10.1. The maximum Gasteiger partial charge on any atom is 0.265 e. The lowest BCUT2D eigenvalue weighted by Gasteiger charge is -2.11. The summed E-state index contributed by atoms with van der Waals surface area (Å²) in [6.45, 7) is 1.84. The van der Waals surface area contributed by atoms with E-state index in [9.17, 15) is 4.79 Å². The molecule has 0 aliphatic heterocycles. The Kier molecular flexibility index (Phi) is 5.28. The van der Waals surface area contributed by atoms with Gasteiger partial charge in [-0.05, 0) is 78.0 Å². The molecule has 3 aromatic carbocycles. The number of nitrogens with zero attached hydrogens (tertiary/aromatic N) is 3. The van der Waals surface area contributed by atoms with Crippen LogP contribution in [0.15, 0.2) is 76.5 Å². The van der Waals surface area contributed by atoms with Gasteiger partial charge in [-0.25, -0.2) is 4.98 Å². The second kappa shape index (κ2) is 7.85. The molecule has 4 nitrogen and oxygen atoms in total. The van der Waals surface area contributed by atoms with Gasteiger partial charge in [0.1, 0.15) is 5.82 Å². The van der Waals surface area contributed by atoms with Crippen LogP contribution >= 0.6 is 34.2 Å². The van der Waals surface area contributed by atoms with Gasteiger partial charge in [0.25, 0.3) is 5.56 Å². The summed E-state index contributed by atoms with van der Waals surface area (Å²) in [5.41, 5.74) is 3.02. The fraction of sp³-hybridized carbons (Fsp3) is 0.0455. The summed E-state index contributed by atoms with van der Waals surface area (Å²) in [4.78, 5) is 22.1. The van der Waals surface area contributed by atoms with Gasteiger partial charge in [-0.3, -0.25) is 14.4 Å². The highest BCUT2D eigenvalue weighted by Crippen LogP contribution is 2.19. The van der Waals surface area contributed by atoms with Gasteiger partial charge in [-0.2, -0.15) is 0 Å². The molecular weight excluding hydrogens is 485 g/mol. The highest BCUT2D eigenvalue weighted by atomic mass is 127. The predicted octanol–water partition coefficient (Wildman–Crippen LogP) is 5.70. The summed E-state index contributed by atoms with van der Waals surface area (Å²) >= 11 is 8.35. The Balaban J connectivity index is 1.71. The minimum atomic E-state index is -0.0756. The van der Waals surface area contributed by atoms with E-state index in [2.05, 4.69) is 32.6 Å². The first kappa shape index (κ1) is 18.8. The summed E-state index contributed by atoms with van der Waals surface area (Å²) < 4.78 is 2.63. The molecule has 0 saturated carbocycles. The molecular formula is C22H15ClIN3O. The number of halogens is 2. The third-order valence-corrected chi connectivity index (χ3v) is 5.38.